The van der Waals surface area contributed by atoms with Crippen LogP contribution in [0.15, 0.2) is 200 Å². The average Bonchev–Trinajstić information content (AvgIpc) is 3.19. The van der Waals surface area contributed by atoms with E-state index in [-0.39, 0.29) is 0 Å². The van der Waals surface area contributed by atoms with Gasteiger partial charge in [0.15, 0.2) is 0 Å². The molecule has 0 radical (unpaired) electrons. The molecule has 0 bridgehead atoms. The lowest BCUT2D eigenvalue weighted by atomic mass is 9.93. The van der Waals surface area contributed by atoms with Crippen LogP contribution in [-0.2, 0) is 0 Å². The van der Waals surface area contributed by atoms with E-state index in [1.54, 1.807) is 0 Å². The van der Waals surface area contributed by atoms with E-state index in [0.29, 0.717) is 0 Å². The second-order valence-electron chi connectivity index (χ2n) is 12.6. The van der Waals surface area contributed by atoms with Gasteiger partial charge in [-0.2, -0.15) is 0 Å². The van der Waals surface area contributed by atoms with Gasteiger partial charge in [0, 0.05) is 16.8 Å². The molecule has 0 aliphatic carbocycles. The minimum atomic E-state index is 1.12. The van der Waals surface area contributed by atoms with Gasteiger partial charge in [0.2, 0.25) is 0 Å². The zero-order valence-corrected chi connectivity index (χ0v) is 27.0. The average molecular weight is 624 g/mol. The molecule has 0 fully saturated rings. The first-order valence-electron chi connectivity index (χ1n) is 16.8. The minimum Gasteiger partial charge on any atom is -0.310 e. The Bertz CT molecular complexity index is 2560. The number of hydrogen-bond donors (Lipinski definition) is 0. The summed E-state index contributed by atoms with van der Waals surface area (Å²) in [5, 5.41) is 7.59. The summed E-state index contributed by atoms with van der Waals surface area (Å²) < 4.78 is 0. The van der Waals surface area contributed by atoms with Crippen molar-refractivity contribution in [3.63, 3.8) is 0 Å². The van der Waals surface area contributed by atoms with Crippen molar-refractivity contribution in [3.8, 4) is 33.4 Å². The Labute approximate surface area is 287 Å². The molecular weight excluding hydrogens is 591 g/mol. The predicted molar refractivity (Wildman–Crippen MR) is 210 cm³/mol. The Morgan fingerprint density at radius 3 is 1.39 bits per heavy atom. The number of benzene rings is 9. The quantitative estimate of drug-likeness (QED) is 0.167. The van der Waals surface area contributed by atoms with Gasteiger partial charge in [-0.05, 0) is 90.6 Å². The molecule has 1 nitrogen and oxygen atoms in total. The highest BCUT2D eigenvalue weighted by atomic mass is 15.1. The topological polar surface area (TPSA) is 3.24 Å². The van der Waals surface area contributed by atoms with Crippen LogP contribution < -0.4 is 4.90 Å². The summed E-state index contributed by atoms with van der Waals surface area (Å²) in [7, 11) is 0. The molecule has 9 aromatic carbocycles. The summed E-state index contributed by atoms with van der Waals surface area (Å²) in [5.74, 6) is 0. The maximum absolute atomic E-state index is 2.37. The van der Waals surface area contributed by atoms with Crippen molar-refractivity contribution in [2.45, 2.75) is 0 Å². The van der Waals surface area contributed by atoms with Gasteiger partial charge in [0.1, 0.15) is 0 Å². The van der Waals surface area contributed by atoms with E-state index in [9.17, 15) is 0 Å². The number of anilines is 3. The van der Waals surface area contributed by atoms with Crippen LogP contribution in [0.3, 0.4) is 0 Å². The monoisotopic (exact) mass is 623 g/mol. The molecule has 0 saturated carbocycles. The van der Waals surface area contributed by atoms with E-state index in [0.717, 1.165) is 17.1 Å². The molecule has 9 rings (SSSR count). The van der Waals surface area contributed by atoms with Crippen molar-refractivity contribution in [1.29, 1.82) is 0 Å². The fraction of sp³-hybridized carbons (Fsp3) is 0. The standard InChI is InChI=1S/C48H33N/c1-2-10-34(11-3-1)36-24-29-41(30-25-36)49(48-19-8-14-38-12-5-7-16-45(38)48)42-31-26-37(27-32-42)35-20-22-40(23-21-35)44-17-9-18-46-43-15-6-4-13-39(43)28-33-47(44)46/h1-33H. The Morgan fingerprint density at radius 1 is 0.245 bits per heavy atom. The van der Waals surface area contributed by atoms with E-state index < -0.39 is 0 Å². The van der Waals surface area contributed by atoms with E-state index in [1.807, 2.05) is 0 Å². The smallest absolute Gasteiger partial charge is 0.0540 e. The van der Waals surface area contributed by atoms with Crippen LogP contribution >= 0.6 is 0 Å². The molecule has 0 heterocycles. The zero-order valence-electron chi connectivity index (χ0n) is 27.0. The third kappa shape index (κ3) is 5.32. The van der Waals surface area contributed by atoms with Gasteiger partial charge in [-0.1, -0.05) is 170 Å². The minimum absolute atomic E-state index is 1.12. The number of hydrogen-bond acceptors (Lipinski definition) is 1. The van der Waals surface area contributed by atoms with E-state index in [4.69, 9.17) is 0 Å². The molecule has 0 aromatic heterocycles. The Balaban J connectivity index is 1.07. The Hall–Kier alpha value is -6.44. The SMILES string of the molecule is c1ccc(-c2ccc(N(c3ccc(-c4ccc(-c5cccc6c5ccc5ccccc56)cc4)cc3)c3cccc4ccccc34)cc2)cc1. The third-order valence-corrected chi connectivity index (χ3v) is 9.68. The van der Waals surface area contributed by atoms with E-state index in [1.165, 1.54) is 65.7 Å². The van der Waals surface area contributed by atoms with Crippen LogP contribution in [0.1, 0.15) is 0 Å². The van der Waals surface area contributed by atoms with Gasteiger partial charge in [-0.25, -0.2) is 0 Å². The lowest BCUT2D eigenvalue weighted by Crippen LogP contribution is -2.10. The first-order chi connectivity index (χ1) is 24.3. The van der Waals surface area contributed by atoms with Crippen molar-refractivity contribution >= 4 is 49.4 Å². The summed E-state index contributed by atoms with van der Waals surface area (Å²) in [4.78, 5) is 2.37. The molecule has 49 heavy (non-hydrogen) atoms. The molecule has 0 aliphatic heterocycles. The van der Waals surface area contributed by atoms with Crippen molar-refractivity contribution < 1.29 is 0 Å². The Morgan fingerprint density at radius 2 is 0.714 bits per heavy atom. The van der Waals surface area contributed by atoms with Crippen LogP contribution in [0, 0.1) is 0 Å². The predicted octanol–water partition coefficient (Wildman–Crippen LogP) is 13.6. The summed E-state index contributed by atoms with van der Waals surface area (Å²) in [6, 6.07) is 72.4. The molecule has 230 valence electrons. The lowest BCUT2D eigenvalue weighted by Gasteiger charge is -2.27. The number of fused-ring (bicyclic) bond motifs is 4. The fourth-order valence-electron chi connectivity index (χ4n) is 7.20. The van der Waals surface area contributed by atoms with Crippen molar-refractivity contribution in [2.75, 3.05) is 4.90 Å². The number of rotatable bonds is 6. The zero-order chi connectivity index (χ0) is 32.6. The molecule has 0 N–H and O–H groups in total. The van der Waals surface area contributed by atoms with E-state index >= 15 is 0 Å². The van der Waals surface area contributed by atoms with Gasteiger partial charge in [0.05, 0.1) is 5.69 Å². The highest BCUT2D eigenvalue weighted by Gasteiger charge is 2.16. The molecule has 9 aromatic rings. The number of nitrogens with zero attached hydrogens (tertiary/aromatic N) is 1. The summed E-state index contributed by atoms with van der Waals surface area (Å²) in [6.07, 6.45) is 0. The van der Waals surface area contributed by atoms with Gasteiger partial charge in [-0.15, -0.1) is 0 Å². The second-order valence-corrected chi connectivity index (χ2v) is 12.6. The van der Waals surface area contributed by atoms with Crippen LogP contribution in [0.2, 0.25) is 0 Å². The fourth-order valence-corrected chi connectivity index (χ4v) is 7.20. The highest BCUT2D eigenvalue weighted by Crippen LogP contribution is 2.40. The van der Waals surface area contributed by atoms with Gasteiger partial charge in [0.25, 0.3) is 0 Å². The Kier molecular flexibility index (Phi) is 7.22. The third-order valence-electron chi connectivity index (χ3n) is 9.68. The van der Waals surface area contributed by atoms with Gasteiger partial charge < -0.3 is 4.90 Å². The van der Waals surface area contributed by atoms with Crippen molar-refractivity contribution in [3.05, 3.63) is 200 Å². The maximum Gasteiger partial charge on any atom is 0.0540 e. The van der Waals surface area contributed by atoms with Crippen molar-refractivity contribution in [2.24, 2.45) is 0 Å². The molecule has 0 spiro atoms. The molecule has 0 amide bonds. The van der Waals surface area contributed by atoms with Crippen LogP contribution in [0.4, 0.5) is 17.1 Å². The largest absolute Gasteiger partial charge is 0.310 e. The van der Waals surface area contributed by atoms with Gasteiger partial charge in [-0.3, -0.25) is 0 Å². The first kappa shape index (κ1) is 28.8. The van der Waals surface area contributed by atoms with E-state index in [2.05, 4.69) is 205 Å². The highest BCUT2D eigenvalue weighted by molar-refractivity contribution is 6.12. The maximum atomic E-state index is 2.37. The molecule has 1 heteroatoms. The normalized spacial score (nSPS) is 11.3. The van der Waals surface area contributed by atoms with Crippen LogP contribution in [0.5, 0.6) is 0 Å². The molecule has 0 aliphatic rings. The first-order valence-corrected chi connectivity index (χ1v) is 16.8. The molecular formula is C48H33N. The molecule has 0 saturated heterocycles. The van der Waals surface area contributed by atoms with Crippen LogP contribution in [0.25, 0.3) is 65.7 Å². The van der Waals surface area contributed by atoms with Crippen LogP contribution in [-0.4, -0.2) is 0 Å². The summed E-state index contributed by atoms with van der Waals surface area (Å²) >= 11 is 0. The summed E-state index contributed by atoms with van der Waals surface area (Å²) in [5.41, 5.74) is 10.7. The molecule has 0 unspecified atom stereocenters. The van der Waals surface area contributed by atoms with Crippen molar-refractivity contribution in [1.82, 2.24) is 0 Å². The lowest BCUT2D eigenvalue weighted by molar-refractivity contribution is 1.30. The molecule has 0 atom stereocenters. The second kappa shape index (κ2) is 12.3. The summed E-state index contributed by atoms with van der Waals surface area (Å²) in [6.45, 7) is 0. The van der Waals surface area contributed by atoms with Gasteiger partial charge >= 0.3 is 0 Å².